The quantitative estimate of drug-likeness (QED) is 0.0755. The SMILES string of the molecule is CCCCCc1ccccc1CC1CCC2(CCC34CCC5CC6=C7CC89C=CCC%10(C)C(O)CCC6(C6C=c%11ccccc%11=C(Cc%11cccc(c%11)C%11=CC=C(NCCCC(C%12CCCCC%12)C(=CO)CCC(C(=O)O)C%12(C=CC23)C(O)CC74C5%12C)NC%11)C6=C8)C9%10)C1. The predicted molar refractivity (Wildman–Crippen MR) is 373 cm³/mol. The van der Waals surface area contributed by atoms with Crippen LogP contribution in [0.15, 0.2) is 150 Å². The van der Waals surface area contributed by atoms with Gasteiger partial charge in [-0.05, 0) is 260 Å². The molecule has 12 aliphatic carbocycles. The summed E-state index contributed by atoms with van der Waals surface area (Å²) in [6, 6.07) is 28.1. The lowest BCUT2D eigenvalue weighted by Crippen LogP contribution is -2.71. The molecule has 0 radical (unpaired) electrons. The van der Waals surface area contributed by atoms with E-state index < -0.39 is 45.8 Å². The fourth-order valence-electron chi connectivity index (χ4n) is 27.4. The number of hydrogen-bond acceptors (Lipinski definition) is 6. The predicted octanol–water partition coefficient (Wildman–Crippen LogP) is 16.5. The maximum Gasteiger partial charge on any atom is 0.307 e. The van der Waals surface area contributed by atoms with Gasteiger partial charge in [0.1, 0.15) is 0 Å². The van der Waals surface area contributed by atoms with Crippen molar-refractivity contribution in [3.63, 3.8) is 0 Å². The van der Waals surface area contributed by atoms with Gasteiger partial charge in [-0.1, -0.05) is 179 Å². The van der Waals surface area contributed by atoms with Crippen LogP contribution < -0.4 is 21.1 Å². The van der Waals surface area contributed by atoms with Gasteiger partial charge in [-0.25, -0.2) is 0 Å². The number of dihydropyridines is 1. The van der Waals surface area contributed by atoms with Crippen molar-refractivity contribution in [2.24, 2.45) is 90.7 Å². The average molecular weight is 1250 g/mol. The Morgan fingerprint density at radius 2 is 1.63 bits per heavy atom. The number of unbranched alkanes of at least 4 members (excludes halogenated alkanes) is 2. The molecule has 6 N–H and O–H groups in total. The highest BCUT2D eigenvalue weighted by molar-refractivity contribution is 5.78. The summed E-state index contributed by atoms with van der Waals surface area (Å²) in [5.41, 5.74) is 11.0. The largest absolute Gasteiger partial charge is 0.516 e. The Morgan fingerprint density at radius 1 is 0.785 bits per heavy atom. The number of rotatable bonds is 8. The first-order valence-corrected chi connectivity index (χ1v) is 37.8. The number of allylic oxidation sites excluding steroid dienone is 10. The van der Waals surface area contributed by atoms with Crippen LogP contribution >= 0.6 is 0 Å². The van der Waals surface area contributed by atoms with Crippen molar-refractivity contribution < 1.29 is 25.2 Å². The van der Waals surface area contributed by atoms with E-state index in [9.17, 15) is 20.4 Å². The van der Waals surface area contributed by atoms with Gasteiger partial charge in [-0.2, -0.15) is 0 Å². The topological polar surface area (TPSA) is 122 Å². The summed E-state index contributed by atoms with van der Waals surface area (Å²) in [5.74, 6) is 1.28. The molecule has 0 saturated heterocycles. The van der Waals surface area contributed by atoms with Gasteiger partial charge in [0.15, 0.2) is 0 Å². The third kappa shape index (κ3) is 8.47. The van der Waals surface area contributed by atoms with Gasteiger partial charge in [0, 0.05) is 46.1 Å². The smallest absolute Gasteiger partial charge is 0.307 e. The number of carboxylic acid groups (broad SMARTS) is 1. The minimum Gasteiger partial charge on any atom is -0.516 e. The minimum atomic E-state index is -1.05. The van der Waals surface area contributed by atoms with E-state index in [0.717, 1.165) is 121 Å². The Bertz CT molecular complexity index is 3890. The Balaban J connectivity index is 0.881. The normalized spacial score (nSPS) is 42.2. The van der Waals surface area contributed by atoms with Gasteiger partial charge in [0.05, 0.1) is 30.2 Å². The Labute approximate surface area is 555 Å². The number of hydrogen-bond donors (Lipinski definition) is 6. The van der Waals surface area contributed by atoms with Crippen molar-refractivity contribution in [1.29, 1.82) is 0 Å². The summed E-state index contributed by atoms with van der Waals surface area (Å²) in [4.78, 5) is 15.4. The van der Waals surface area contributed by atoms with E-state index in [1.165, 1.54) is 109 Å². The molecule has 7 heteroatoms. The van der Waals surface area contributed by atoms with Crippen molar-refractivity contribution in [1.82, 2.24) is 10.6 Å². The maximum atomic E-state index is 15.4. The van der Waals surface area contributed by atoms with Crippen LogP contribution in [-0.2, 0) is 24.1 Å². The van der Waals surface area contributed by atoms with Gasteiger partial charge < -0.3 is 31.1 Å². The molecule has 4 spiro atoms. The third-order valence-corrected chi connectivity index (χ3v) is 30.8. The van der Waals surface area contributed by atoms with Crippen LogP contribution in [0.5, 0.6) is 0 Å². The number of fused-ring (bicyclic) bond motifs is 2. The number of nitrogens with one attached hydrogen (secondary N) is 2. The lowest BCUT2D eigenvalue weighted by Gasteiger charge is -2.77. The minimum absolute atomic E-state index is 0.0857. The second-order valence-corrected chi connectivity index (χ2v) is 34.0. The van der Waals surface area contributed by atoms with Crippen LogP contribution in [-0.4, -0.2) is 51.7 Å². The molecule has 6 aliphatic heterocycles. The summed E-state index contributed by atoms with van der Waals surface area (Å²) in [7, 11) is 0. The van der Waals surface area contributed by atoms with Gasteiger partial charge in [-0.3, -0.25) is 4.79 Å². The zero-order valence-corrected chi connectivity index (χ0v) is 56.3. The summed E-state index contributed by atoms with van der Waals surface area (Å²) in [6.07, 6.45) is 49.2. The molecule has 0 aromatic heterocycles. The molecule has 6 fully saturated rings. The molecule has 16 bridgehead atoms. The van der Waals surface area contributed by atoms with Crippen LogP contribution in [0.2, 0.25) is 0 Å². The van der Waals surface area contributed by atoms with Gasteiger partial charge in [0.2, 0.25) is 0 Å². The number of carbonyl (C=O) groups is 1. The highest BCUT2D eigenvalue weighted by Gasteiger charge is 2.87. The van der Waals surface area contributed by atoms with Gasteiger partial charge in [0.25, 0.3) is 0 Å². The molecule has 17 atom stereocenters. The highest BCUT2D eigenvalue weighted by Crippen LogP contribution is 2.91. The second-order valence-electron chi connectivity index (χ2n) is 34.0. The average Bonchev–Trinajstić information content (AvgIpc) is 1.53. The molecule has 6 heterocycles. The summed E-state index contributed by atoms with van der Waals surface area (Å²) >= 11 is 0. The summed E-state index contributed by atoms with van der Waals surface area (Å²) in [5, 5.41) is 61.8. The molecule has 93 heavy (non-hydrogen) atoms. The number of carboxylic acids is 1. The first-order valence-electron chi connectivity index (χ1n) is 37.8. The zero-order chi connectivity index (χ0) is 63.3. The standard InChI is InChI=1S/C86H106N2O5/c1-4-5-7-18-57-19-10-11-22-59(57)45-56-31-37-81(49-56)41-42-83-38-32-64-48-71-72-51-82-36-16-35-79(2)74(90)34-39-84(71,78(79)82)70-47-61-23-12-13-25-66(61)67(68(70)50-82)46-55-17-14-24-60(44-55)62-28-30-76(88-53-62)87-43-15-26-65(58-20-8-6-9-21-58)63(54-89)27-29-69(77(92)93)85(40-33-73(81)83)75(91)52-86(72,83)80(64,85)3/h10-14,16-17,19,22-25,28,30,33,36,40,44,47,50,54,56,58,64-65,69-70,73-75,78,87-91H,4-9,15,18,20-21,26-27,29,31-32,34-35,37-39,41-43,45-46,48-49,51-53H2,1-3H3,(H,92,93). The molecule has 3 aromatic carbocycles. The van der Waals surface area contributed by atoms with Crippen LogP contribution in [0.4, 0.5) is 0 Å². The molecule has 17 unspecified atom stereocenters. The molecule has 3 aromatic rings. The van der Waals surface area contributed by atoms with E-state index in [1.807, 2.05) is 0 Å². The maximum absolute atomic E-state index is 15.4. The Hall–Kier alpha value is -5.63. The van der Waals surface area contributed by atoms with Crippen LogP contribution in [0, 0.1) is 90.7 Å². The first kappa shape index (κ1) is 61.0. The summed E-state index contributed by atoms with van der Waals surface area (Å²) in [6.45, 7) is 8.96. The second kappa shape index (κ2) is 22.5. The fraction of sp³-hybridized carbons (Fsp3) is 0.593. The molecule has 6 saturated carbocycles. The number of aliphatic hydroxyl groups excluding tert-OH is 3. The van der Waals surface area contributed by atoms with E-state index in [2.05, 4.69) is 153 Å². The summed E-state index contributed by atoms with van der Waals surface area (Å²) < 4.78 is 0. The van der Waals surface area contributed by atoms with Crippen LogP contribution in [0.3, 0.4) is 0 Å². The molecule has 7 nitrogen and oxygen atoms in total. The highest BCUT2D eigenvalue weighted by atomic mass is 16.4. The monoisotopic (exact) mass is 1250 g/mol. The lowest BCUT2D eigenvalue weighted by atomic mass is 9.27. The number of aliphatic hydroxyl groups is 3. The molecule has 18 aliphatic rings. The van der Waals surface area contributed by atoms with Crippen LogP contribution in [0.1, 0.15) is 204 Å². The van der Waals surface area contributed by atoms with Crippen molar-refractivity contribution in [3.05, 3.63) is 182 Å². The molecular formula is C86H106N2O5. The van der Waals surface area contributed by atoms with E-state index in [-0.39, 0.29) is 51.2 Å². The Kier molecular flexibility index (Phi) is 14.7. The fourth-order valence-corrected chi connectivity index (χ4v) is 27.4. The number of aliphatic carboxylic acids is 1. The molecule has 490 valence electrons. The molecule has 0 amide bonds. The van der Waals surface area contributed by atoms with E-state index in [0.29, 0.717) is 31.1 Å². The van der Waals surface area contributed by atoms with Crippen molar-refractivity contribution in [2.75, 3.05) is 13.1 Å². The Morgan fingerprint density at radius 3 is 2.46 bits per heavy atom. The molecule has 21 rings (SSSR count). The number of benzene rings is 3. The van der Waals surface area contributed by atoms with Crippen LogP contribution in [0.25, 0.3) is 17.2 Å². The van der Waals surface area contributed by atoms with Crippen molar-refractivity contribution in [2.45, 2.75) is 213 Å². The van der Waals surface area contributed by atoms with E-state index >= 15 is 4.79 Å². The van der Waals surface area contributed by atoms with E-state index in [4.69, 9.17) is 0 Å². The van der Waals surface area contributed by atoms with Gasteiger partial charge >= 0.3 is 5.97 Å². The zero-order valence-electron chi connectivity index (χ0n) is 56.3. The van der Waals surface area contributed by atoms with Crippen molar-refractivity contribution in [3.8, 4) is 0 Å². The van der Waals surface area contributed by atoms with E-state index in [1.54, 1.807) is 22.3 Å². The lowest BCUT2D eigenvalue weighted by molar-refractivity contribution is -0.207. The van der Waals surface area contributed by atoms with Crippen molar-refractivity contribution >= 4 is 23.2 Å². The van der Waals surface area contributed by atoms with Gasteiger partial charge in [-0.15, -0.1) is 0 Å². The first-order chi connectivity index (χ1) is 45.2. The third-order valence-electron chi connectivity index (χ3n) is 30.8. The number of aryl methyl sites for hydroxylation is 1. The molecular weight excluding hydrogens is 1140 g/mol.